The number of benzene rings is 1. The van der Waals surface area contributed by atoms with Crippen molar-refractivity contribution in [1.82, 2.24) is 20.9 Å². The molecule has 0 saturated heterocycles. The number of nitrogens with zero attached hydrogens (tertiary/aromatic N) is 1. The molecular weight excluding hydrogens is 308 g/mol. The molecule has 1 rings (SSSR count). The second-order valence-corrected chi connectivity index (χ2v) is 6.11. The van der Waals surface area contributed by atoms with E-state index in [0.717, 1.165) is 5.56 Å². The highest BCUT2D eigenvalue weighted by molar-refractivity contribution is 5.95. The maximum atomic E-state index is 12.3. The summed E-state index contributed by atoms with van der Waals surface area (Å²) in [7, 11) is 3.30. The molecule has 0 aliphatic carbocycles. The van der Waals surface area contributed by atoms with E-state index in [-0.39, 0.29) is 12.5 Å². The van der Waals surface area contributed by atoms with E-state index in [1.807, 2.05) is 44.2 Å². The molecule has 1 unspecified atom stereocenters. The van der Waals surface area contributed by atoms with E-state index in [9.17, 15) is 14.4 Å². The number of amides is 4. The minimum absolute atomic E-state index is 0.145. The van der Waals surface area contributed by atoms with Crippen LogP contribution in [0.5, 0.6) is 0 Å². The van der Waals surface area contributed by atoms with Gasteiger partial charge < -0.3 is 10.2 Å². The zero-order valence-corrected chi connectivity index (χ0v) is 14.6. The van der Waals surface area contributed by atoms with Gasteiger partial charge in [-0.05, 0) is 11.5 Å². The van der Waals surface area contributed by atoms with E-state index >= 15 is 0 Å². The highest BCUT2D eigenvalue weighted by atomic mass is 16.2. The molecular formula is C17H26N4O3. The second-order valence-electron chi connectivity index (χ2n) is 6.11. The number of urea groups is 1. The van der Waals surface area contributed by atoms with Gasteiger partial charge in [-0.1, -0.05) is 44.2 Å². The normalized spacial score (nSPS) is 11.7. The molecule has 1 aromatic carbocycles. The lowest BCUT2D eigenvalue weighted by atomic mass is 10.1. The molecule has 0 aliphatic rings. The Morgan fingerprint density at radius 2 is 1.71 bits per heavy atom. The van der Waals surface area contributed by atoms with E-state index in [2.05, 4.69) is 16.0 Å². The van der Waals surface area contributed by atoms with Gasteiger partial charge in [0.25, 0.3) is 0 Å². The van der Waals surface area contributed by atoms with Gasteiger partial charge in [0.2, 0.25) is 11.8 Å². The molecule has 0 radical (unpaired) electrons. The zero-order chi connectivity index (χ0) is 18.1. The SMILES string of the molecule is CC(C)CNC(=O)NC(=O)CNC(C(=O)N(C)C)c1ccccc1. The van der Waals surface area contributed by atoms with E-state index in [1.165, 1.54) is 4.90 Å². The summed E-state index contributed by atoms with van der Waals surface area (Å²) >= 11 is 0. The molecule has 0 bridgehead atoms. The Kier molecular flexibility index (Phi) is 7.91. The van der Waals surface area contributed by atoms with Gasteiger partial charge in [-0.25, -0.2) is 4.79 Å². The smallest absolute Gasteiger partial charge is 0.321 e. The van der Waals surface area contributed by atoms with Crippen LogP contribution in [0.25, 0.3) is 0 Å². The fourth-order valence-electron chi connectivity index (χ4n) is 1.96. The van der Waals surface area contributed by atoms with Crippen molar-refractivity contribution < 1.29 is 14.4 Å². The van der Waals surface area contributed by atoms with Crippen LogP contribution in [0.4, 0.5) is 4.79 Å². The van der Waals surface area contributed by atoms with Crippen LogP contribution in [-0.4, -0.2) is 49.9 Å². The fraction of sp³-hybridized carbons (Fsp3) is 0.471. The third kappa shape index (κ3) is 6.78. The number of carbonyl (C=O) groups excluding carboxylic acids is 3. The van der Waals surface area contributed by atoms with Crippen LogP contribution in [0.2, 0.25) is 0 Å². The summed E-state index contributed by atoms with van der Waals surface area (Å²) in [4.78, 5) is 37.2. The average molecular weight is 334 g/mol. The predicted molar refractivity (Wildman–Crippen MR) is 92.3 cm³/mol. The van der Waals surface area contributed by atoms with E-state index in [1.54, 1.807) is 14.1 Å². The summed E-state index contributed by atoms with van der Waals surface area (Å²) < 4.78 is 0. The van der Waals surface area contributed by atoms with Crippen molar-refractivity contribution in [2.75, 3.05) is 27.2 Å². The van der Waals surface area contributed by atoms with Crippen LogP contribution in [0.3, 0.4) is 0 Å². The van der Waals surface area contributed by atoms with Crippen molar-refractivity contribution >= 4 is 17.8 Å². The molecule has 0 aliphatic heterocycles. The lowest BCUT2D eigenvalue weighted by Gasteiger charge is -2.22. The van der Waals surface area contributed by atoms with Crippen molar-refractivity contribution in [3.05, 3.63) is 35.9 Å². The summed E-state index contributed by atoms with van der Waals surface area (Å²) in [6.07, 6.45) is 0. The minimum atomic E-state index is -0.648. The van der Waals surface area contributed by atoms with Crippen LogP contribution in [0, 0.1) is 5.92 Å². The number of hydrogen-bond donors (Lipinski definition) is 3. The Hall–Kier alpha value is -2.41. The topological polar surface area (TPSA) is 90.5 Å². The second kappa shape index (κ2) is 9.67. The molecule has 0 saturated carbocycles. The van der Waals surface area contributed by atoms with Crippen LogP contribution < -0.4 is 16.0 Å². The van der Waals surface area contributed by atoms with Crippen LogP contribution in [0.1, 0.15) is 25.5 Å². The molecule has 24 heavy (non-hydrogen) atoms. The fourth-order valence-corrected chi connectivity index (χ4v) is 1.96. The number of likely N-dealkylation sites (N-methyl/N-ethyl adjacent to an activating group) is 1. The monoisotopic (exact) mass is 334 g/mol. The standard InChI is InChI=1S/C17H26N4O3/c1-12(2)10-19-17(24)20-14(22)11-18-15(16(23)21(3)4)13-8-6-5-7-9-13/h5-9,12,15,18H,10-11H2,1-4H3,(H2,19,20,22,24). The van der Waals surface area contributed by atoms with E-state index in [0.29, 0.717) is 12.5 Å². The lowest BCUT2D eigenvalue weighted by molar-refractivity contribution is -0.131. The Morgan fingerprint density at radius 1 is 1.08 bits per heavy atom. The molecule has 1 aromatic rings. The molecule has 132 valence electrons. The molecule has 3 N–H and O–H groups in total. The van der Waals surface area contributed by atoms with Crippen molar-refractivity contribution in [2.45, 2.75) is 19.9 Å². The maximum absolute atomic E-state index is 12.3. The average Bonchev–Trinajstić information content (AvgIpc) is 2.53. The molecule has 0 aromatic heterocycles. The first-order chi connectivity index (χ1) is 11.3. The first-order valence-electron chi connectivity index (χ1n) is 7.88. The molecule has 4 amide bonds. The number of hydrogen-bond acceptors (Lipinski definition) is 4. The van der Waals surface area contributed by atoms with Gasteiger partial charge >= 0.3 is 6.03 Å². The van der Waals surface area contributed by atoms with E-state index < -0.39 is 18.0 Å². The third-order valence-corrected chi connectivity index (χ3v) is 3.21. The van der Waals surface area contributed by atoms with Crippen molar-refractivity contribution in [2.24, 2.45) is 5.92 Å². The van der Waals surface area contributed by atoms with Crippen LogP contribution in [0.15, 0.2) is 30.3 Å². The summed E-state index contributed by atoms with van der Waals surface area (Å²) in [6.45, 7) is 4.26. The summed E-state index contributed by atoms with van der Waals surface area (Å²) in [5.74, 6) is -0.369. The molecule has 1 atom stereocenters. The minimum Gasteiger partial charge on any atom is -0.347 e. The Labute approximate surface area is 142 Å². The summed E-state index contributed by atoms with van der Waals surface area (Å²) in [5.41, 5.74) is 0.758. The van der Waals surface area contributed by atoms with Crippen LogP contribution >= 0.6 is 0 Å². The van der Waals surface area contributed by atoms with Gasteiger partial charge in [0.15, 0.2) is 0 Å². The van der Waals surface area contributed by atoms with Crippen LogP contribution in [-0.2, 0) is 9.59 Å². The largest absolute Gasteiger partial charge is 0.347 e. The highest BCUT2D eigenvalue weighted by Gasteiger charge is 2.22. The molecule has 7 heteroatoms. The van der Waals surface area contributed by atoms with Gasteiger partial charge in [0.05, 0.1) is 6.54 Å². The van der Waals surface area contributed by atoms with Crippen molar-refractivity contribution in [1.29, 1.82) is 0 Å². The van der Waals surface area contributed by atoms with Gasteiger partial charge in [0.1, 0.15) is 6.04 Å². The quantitative estimate of drug-likeness (QED) is 0.691. The predicted octanol–water partition coefficient (Wildman–Crippen LogP) is 0.887. The van der Waals surface area contributed by atoms with Gasteiger partial charge in [-0.3, -0.25) is 20.2 Å². The number of carbonyl (C=O) groups is 3. The highest BCUT2D eigenvalue weighted by Crippen LogP contribution is 2.14. The maximum Gasteiger partial charge on any atom is 0.321 e. The molecule has 0 heterocycles. The van der Waals surface area contributed by atoms with Gasteiger partial charge in [-0.15, -0.1) is 0 Å². The first-order valence-corrected chi connectivity index (χ1v) is 7.88. The summed E-state index contributed by atoms with van der Waals surface area (Å²) in [6, 6.07) is 7.94. The van der Waals surface area contributed by atoms with E-state index in [4.69, 9.17) is 0 Å². The summed E-state index contributed by atoms with van der Waals surface area (Å²) in [5, 5.41) is 7.74. The Bertz CT molecular complexity index is 558. The number of nitrogens with one attached hydrogen (secondary N) is 3. The van der Waals surface area contributed by atoms with Gasteiger partial charge in [0, 0.05) is 20.6 Å². The number of imide groups is 1. The molecule has 0 spiro atoms. The third-order valence-electron chi connectivity index (χ3n) is 3.21. The van der Waals surface area contributed by atoms with Crippen molar-refractivity contribution in [3.8, 4) is 0 Å². The number of rotatable bonds is 7. The van der Waals surface area contributed by atoms with Crippen molar-refractivity contribution in [3.63, 3.8) is 0 Å². The molecule has 7 nitrogen and oxygen atoms in total. The molecule has 0 fully saturated rings. The first kappa shape index (κ1) is 19.6. The van der Waals surface area contributed by atoms with Gasteiger partial charge in [-0.2, -0.15) is 0 Å². The lowest BCUT2D eigenvalue weighted by Crippen LogP contribution is -2.46. The zero-order valence-electron chi connectivity index (χ0n) is 14.6. The Balaban J connectivity index is 2.60. The Morgan fingerprint density at radius 3 is 2.25 bits per heavy atom.